The van der Waals surface area contributed by atoms with Crippen LogP contribution in [0, 0.1) is 11.6 Å². The Morgan fingerprint density at radius 2 is 2.00 bits per heavy atom. The van der Waals surface area contributed by atoms with Crippen LogP contribution in [0.15, 0.2) is 18.2 Å². The normalized spacial score (nSPS) is 9.62. The molecule has 0 bridgehead atoms. The summed E-state index contributed by atoms with van der Waals surface area (Å²) < 4.78 is 25.8. The fourth-order valence-electron chi connectivity index (χ4n) is 0.997. The lowest BCUT2D eigenvalue weighted by Crippen LogP contribution is -2.38. The van der Waals surface area contributed by atoms with E-state index < -0.39 is 23.6 Å². The number of urea groups is 1. The summed E-state index contributed by atoms with van der Waals surface area (Å²) in [6, 6.07) is 2.48. The topological polar surface area (TPSA) is 84.2 Å². The van der Waals surface area contributed by atoms with E-state index in [0.29, 0.717) is 0 Å². The van der Waals surface area contributed by atoms with E-state index >= 15 is 0 Å². The molecular weight excluding hydrogens is 220 g/mol. The maximum Gasteiger partial charge on any atom is 0.318 e. The molecule has 0 aromatic heterocycles. The quantitative estimate of drug-likeness (QED) is 0.708. The molecule has 0 radical (unpaired) electrons. The number of imide groups is 1. The first-order chi connectivity index (χ1) is 7.50. The summed E-state index contributed by atoms with van der Waals surface area (Å²) in [7, 11) is 0. The average molecular weight is 229 g/mol. The molecule has 0 aliphatic carbocycles. The van der Waals surface area contributed by atoms with Gasteiger partial charge in [0, 0.05) is 0 Å². The first kappa shape index (κ1) is 11.9. The highest BCUT2D eigenvalue weighted by atomic mass is 19.2. The van der Waals surface area contributed by atoms with Crippen LogP contribution in [-0.4, -0.2) is 18.5 Å². The minimum atomic E-state index is -1.09. The zero-order chi connectivity index (χ0) is 12.1. The molecule has 0 aliphatic heterocycles. The summed E-state index contributed by atoms with van der Waals surface area (Å²) in [4.78, 5) is 21.2. The lowest BCUT2D eigenvalue weighted by Gasteiger charge is -2.06. The largest absolute Gasteiger partial charge is 0.374 e. The fourth-order valence-corrected chi connectivity index (χ4v) is 0.997. The van der Waals surface area contributed by atoms with Gasteiger partial charge in [-0.2, -0.15) is 0 Å². The van der Waals surface area contributed by atoms with Crippen LogP contribution in [0.1, 0.15) is 0 Å². The molecule has 1 aromatic rings. The van der Waals surface area contributed by atoms with Gasteiger partial charge in [-0.1, -0.05) is 6.07 Å². The number of carbonyl (C=O) groups excluding carboxylic acids is 2. The molecular formula is C9H9F2N3O2. The Bertz CT molecular complexity index is 423. The van der Waals surface area contributed by atoms with Crippen molar-refractivity contribution in [1.29, 1.82) is 0 Å². The maximum absolute atomic E-state index is 13.1. The highest BCUT2D eigenvalue weighted by Gasteiger charge is 2.09. The summed E-state index contributed by atoms with van der Waals surface area (Å²) in [5.74, 6) is -2.86. The number of benzene rings is 1. The first-order valence-corrected chi connectivity index (χ1v) is 4.28. The van der Waals surface area contributed by atoms with E-state index in [-0.39, 0.29) is 12.2 Å². The van der Waals surface area contributed by atoms with Gasteiger partial charge in [0.05, 0.1) is 12.2 Å². The summed E-state index contributed by atoms with van der Waals surface area (Å²) in [6.07, 6.45) is 0. The lowest BCUT2D eigenvalue weighted by molar-refractivity contribution is -0.118. The summed E-state index contributed by atoms with van der Waals surface area (Å²) in [5, 5.41) is 4.09. The van der Waals surface area contributed by atoms with Crippen molar-refractivity contribution < 1.29 is 18.4 Å². The van der Waals surface area contributed by atoms with Gasteiger partial charge in [0.15, 0.2) is 11.6 Å². The number of nitrogens with two attached hydrogens (primary N) is 1. The summed E-state index contributed by atoms with van der Waals surface area (Å²) in [5.41, 5.74) is 4.52. The van der Waals surface area contributed by atoms with E-state index in [1.807, 2.05) is 0 Å². The van der Waals surface area contributed by atoms with Crippen LogP contribution < -0.4 is 16.4 Å². The zero-order valence-corrected chi connectivity index (χ0v) is 8.09. The third-order valence-corrected chi connectivity index (χ3v) is 1.65. The molecule has 0 fully saturated rings. The van der Waals surface area contributed by atoms with Gasteiger partial charge in [0.2, 0.25) is 5.91 Å². The van der Waals surface area contributed by atoms with Crippen LogP contribution >= 0.6 is 0 Å². The molecule has 0 saturated carbocycles. The van der Waals surface area contributed by atoms with Gasteiger partial charge in [0.1, 0.15) is 0 Å². The second-order valence-electron chi connectivity index (χ2n) is 2.87. The van der Waals surface area contributed by atoms with Gasteiger partial charge in [0.25, 0.3) is 0 Å². The van der Waals surface area contributed by atoms with Crippen molar-refractivity contribution in [3.8, 4) is 0 Å². The average Bonchev–Trinajstić information content (AvgIpc) is 2.19. The van der Waals surface area contributed by atoms with Crippen molar-refractivity contribution in [3.63, 3.8) is 0 Å². The Kier molecular flexibility index (Phi) is 3.76. The Morgan fingerprint density at radius 3 is 2.62 bits per heavy atom. The fraction of sp³-hybridized carbons (Fsp3) is 0.111. The van der Waals surface area contributed by atoms with Gasteiger partial charge in [-0.25, -0.2) is 13.6 Å². The van der Waals surface area contributed by atoms with E-state index in [1.54, 1.807) is 5.32 Å². The van der Waals surface area contributed by atoms with Crippen LogP contribution in [0.2, 0.25) is 0 Å². The van der Waals surface area contributed by atoms with Crippen molar-refractivity contribution in [2.24, 2.45) is 5.73 Å². The second-order valence-corrected chi connectivity index (χ2v) is 2.87. The number of nitrogens with one attached hydrogen (secondary N) is 2. The number of primary amides is 1. The van der Waals surface area contributed by atoms with Gasteiger partial charge in [-0.05, 0) is 12.1 Å². The van der Waals surface area contributed by atoms with E-state index in [0.717, 1.165) is 6.07 Å². The molecule has 0 spiro atoms. The van der Waals surface area contributed by atoms with E-state index in [9.17, 15) is 18.4 Å². The highest BCUT2D eigenvalue weighted by Crippen LogP contribution is 2.15. The molecule has 0 atom stereocenters. The Hall–Kier alpha value is -2.18. The predicted molar refractivity (Wildman–Crippen MR) is 52.6 cm³/mol. The van der Waals surface area contributed by atoms with E-state index in [2.05, 4.69) is 11.1 Å². The summed E-state index contributed by atoms with van der Waals surface area (Å²) in [6.45, 7) is -0.386. The number of hydrogen-bond donors (Lipinski definition) is 3. The monoisotopic (exact) mass is 229 g/mol. The van der Waals surface area contributed by atoms with Gasteiger partial charge >= 0.3 is 6.03 Å². The molecule has 7 heteroatoms. The van der Waals surface area contributed by atoms with Gasteiger partial charge in [-0.3, -0.25) is 10.1 Å². The second kappa shape index (κ2) is 5.06. The van der Waals surface area contributed by atoms with Crippen molar-refractivity contribution in [1.82, 2.24) is 5.32 Å². The third-order valence-electron chi connectivity index (χ3n) is 1.65. The lowest BCUT2D eigenvalue weighted by atomic mass is 10.3. The van der Waals surface area contributed by atoms with Crippen molar-refractivity contribution in [2.45, 2.75) is 0 Å². The number of anilines is 1. The molecule has 0 aliphatic rings. The molecule has 5 nitrogen and oxygen atoms in total. The van der Waals surface area contributed by atoms with Crippen molar-refractivity contribution >= 4 is 17.6 Å². The molecule has 0 heterocycles. The predicted octanol–water partition coefficient (Wildman–Crippen LogP) is 0.572. The Morgan fingerprint density at radius 1 is 1.31 bits per heavy atom. The van der Waals surface area contributed by atoms with Crippen LogP contribution in [0.3, 0.4) is 0 Å². The molecule has 0 unspecified atom stereocenters. The summed E-state index contributed by atoms with van der Waals surface area (Å²) >= 11 is 0. The zero-order valence-electron chi connectivity index (χ0n) is 8.09. The standard InChI is InChI=1S/C9H9F2N3O2/c10-5-2-1-3-6(8(5)11)13-4-7(15)14-9(12)16/h1-3,13H,4H2,(H3,12,14,15,16). The molecule has 0 saturated heterocycles. The minimum Gasteiger partial charge on any atom is -0.374 e. The first-order valence-electron chi connectivity index (χ1n) is 4.28. The third kappa shape index (κ3) is 3.19. The smallest absolute Gasteiger partial charge is 0.318 e. The number of rotatable bonds is 3. The SMILES string of the molecule is NC(=O)NC(=O)CNc1cccc(F)c1F. The van der Waals surface area contributed by atoms with Crippen molar-refractivity contribution in [3.05, 3.63) is 29.8 Å². The highest BCUT2D eigenvalue weighted by molar-refractivity contribution is 5.95. The number of carbonyl (C=O) groups is 2. The van der Waals surface area contributed by atoms with Crippen LogP contribution in [0.4, 0.5) is 19.3 Å². The Balaban J connectivity index is 2.58. The number of amides is 3. The maximum atomic E-state index is 13.1. The van der Waals surface area contributed by atoms with E-state index in [1.165, 1.54) is 12.1 Å². The molecule has 3 amide bonds. The van der Waals surface area contributed by atoms with Crippen LogP contribution in [-0.2, 0) is 4.79 Å². The van der Waals surface area contributed by atoms with E-state index in [4.69, 9.17) is 0 Å². The van der Waals surface area contributed by atoms with Gasteiger partial charge in [-0.15, -0.1) is 0 Å². The molecule has 1 rings (SSSR count). The number of hydrogen-bond acceptors (Lipinski definition) is 3. The molecule has 1 aromatic carbocycles. The molecule has 16 heavy (non-hydrogen) atoms. The Labute approximate surface area is 89.6 Å². The van der Waals surface area contributed by atoms with Crippen LogP contribution in [0.5, 0.6) is 0 Å². The van der Waals surface area contributed by atoms with Crippen LogP contribution in [0.25, 0.3) is 0 Å². The molecule has 4 N–H and O–H groups in total. The minimum absolute atomic E-state index is 0.167. The number of halogens is 2. The molecule has 86 valence electrons. The van der Waals surface area contributed by atoms with Crippen molar-refractivity contribution in [2.75, 3.05) is 11.9 Å². The van der Waals surface area contributed by atoms with Gasteiger partial charge < -0.3 is 11.1 Å².